The quantitative estimate of drug-likeness (QED) is 0.103. The van der Waals surface area contributed by atoms with Gasteiger partial charge in [-0.25, -0.2) is 26.4 Å². The van der Waals surface area contributed by atoms with Gasteiger partial charge in [-0.15, -0.1) is 0 Å². The van der Waals surface area contributed by atoms with Crippen LogP contribution in [0.1, 0.15) is 28.8 Å². The van der Waals surface area contributed by atoms with E-state index in [9.17, 15) is 40.8 Å². The molecule has 0 spiro atoms. The summed E-state index contributed by atoms with van der Waals surface area (Å²) < 4.78 is 46.9. The molecule has 20 heteroatoms. The highest BCUT2D eigenvalue weighted by molar-refractivity contribution is 7.93. The summed E-state index contributed by atoms with van der Waals surface area (Å²) in [4.78, 5) is 53.1. The molecule has 1 aromatic carbocycles. The Morgan fingerprint density at radius 1 is 0.769 bits per heavy atom. The van der Waals surface area contributed by atoms with Crippen LogP contribution in [-0.2, 0) is 38.9 Å². The van der Waals surface area contributed by atoms with E-state index in [-0.39, 0.29) is 16.0 Å². The van der Waals surface area contributed by atoms with Crippen molar-refractivity contribution in [1.82, 2.24) is 0 Å². The highest BCUT2D eigenvalue weighted by Crippen LogP contribution is 2.25. The van der Waals surface area contributed by atoms with Crippen LogP contribution in [0, 0.1) is 6.92 Å². The molecule has 10 N–H and O–H groups in total. The predicted octanol–water partition coefficient (Wildman–Crippen LogP) is -2.97. The van der Waals surface area contributed by atoms with Crippen molar-refractivity contribution >= 4 is 55.4 Å². The number of aliphatic imine (C=N–C) groups is 1. The standard InChI is InChI=1S/C11H15N3O5S2.2C4H6O5/c1-6-4-8(20(2,16)17)9(21(3,18)19)5-7(6)10(15)14-11(12)13;2*5-2(4(8)9)1-3(6)7/h4-5H,1-3H3,(H4,12,13,14,15);2*2,5H,1H2,(H,6,7)(H,8,9). The topological polar surface area (TPSA) is 339 Å². The van der Waals surface area contributed by atoms with Crippen molar-refractivity contribution in [3.63, 3.8) is 0 Å². The number of nitrogens with zero attached hydrogens (tertiary/aromatic N) is 1. The summed E-state index contributed by atoms with van der Waals surface area (Å²) in [7, 11) is -7.64. The lowest BCUT2D eigenvalue weighted by molar-refractivity contribution is -0.153. The van der Waals surface area contributed by atoms with Crippen molar-refractivity contribution in [2.45, 2.75) is 41.8 Å². The highest BCUT2D eigenvalue weighted by Gasteiger charge is 2.24. The molecule has 220 valence electrons. The molecular formula is C19H27N3O15S2. The van der Waals surface area contributed by atoms with Crippen molar-refractivity contribution in [3.8, 4) is 0 Å². The molecule has 18 nitrogen and oxygen atoms in total. The number of carbonyl (C=O) groups excluding carboxylic acids is 1. The van der Waals surface area contributed by atoms with E-state index in [1.54, 1.807) is 0 Å². The number of guanidine groups is 1. The molecule has 1 amide bonds. The number of carboxylic acids is 4. The maximum Gasteiger partial charge on any atom is 0.333 e. The molecular weight excluding hydrogens is 574 g/mol. The number of hydrogen-bond acceptors (Lipinski definition) is 11. The van der Waals surface area contributed by atoms with Crippen LogP contribution in [0.3, 0.4) is 0 Å². The number of amides is 1. The van der Waals surface area contributed by atoms with Gasteiger partial charge < -0.3 is 42.1 Å². The monoisotopic (exact) mass is 601 g/mol. The van der Waals surface area contributed by atoms with Gasteiger partial charge in [-0.3, -0.25) is 14.4 Å². The predicted molar refractivity (Wildman–Crippen MR) is 129 cm³/mol. The SMILES string of the molecule is Cc1cc(S(C)(=O)=O)c(S(C)(=O)=O)cc1C(=O)N=C(N)N.O=C(O)CC(O)C(=O)O.O=C(O)CC(O)C(=O)O. The highest BCUT2D eigenvalue weighted by atomic mass is 32.2. The fourth-order valence-electron chi connectivity index (χ4n) is 2.15. The smallest absolute Gasteiger partial charge is 0.333 e. The summed E-state index contributed by atoms with van der Waals surface area (Å²) in [5, 5.41) is 48.3. The average molecular weight is 602 g/mol. The summed E-state index contributed by atoms with van der Waals surface area (Å²) in [6, 6.07) is 2.08. The van der Waals surface area contributed by atoms with E-state index < -0.39 is 85.4 Å². The zero-order valence-electron chi connectivity index (χ0n) is 20.5. The van der Waals surface area contributed by atoms with Crippen LogP contribution in [0.4, 0.5) is 0 Å². The van der Waals surface area contributed by atoms with Gasteiger partial charge >= 0.3 is 23.9 Å². The molecule has 1 aromatic rings. The third-order valence-corrected chi connectivity index (χ3v) is 6.26. The van der Waals surface area contributed by atoms with E-state index >= 15 is 0 Å². The van der Waals surface area contributed by atoms with Crippen LogP contribution in [0.5, 0.6) is 0 Å². The summed E-state index contributed by atoms with van der Waals surface area (Å²) >= 11 is 0. The van der Waals surface area contributed by atoms with Gasteiger partial charge in [0.25, 0.3) is 5.91 Å². The first kappa shape index (κ1) is 37.0. The van der Waals surface area contributed by atoms with E-state index in [1.807, 2.05) is 0 Å². The number of hydrogen-bond donors (Lipinski definition) is 8. The Bertz CT molecular complexity index is 1320. The van der Waals surface area contributed by atoms with E-state index in [1.165, 1.54) is 6.92 Å². The molecule has 0 aromatic heterocycles. The largest absolute Gasteiger partial charge is 0.481 e. The first-order valence-corrected chi connectivity index (χ1v) is 13.6. The van der Waals surface area contributed by atoms with E-state index in [0.717, 1.165) is 24.6 Å². The van der Waals surface area contributed by atoms with Crippen LogP contribution in [0.2, 0.25) is 0 Å². The minimum atomic E-state index is -3.86. The van der Waals surface area contributed by atoms with Gasteiger partial charge in [-0.2, -0.15) is 4.99 Å². The van der Waals surface area contributed by atoms with Crippen molar-refractivity contribution in [2.75, 3.05) is 12.5 Å². The summed E-state index contributed by atoms with van der Waals surface area (Å²) in [6.45, 7) is 1.45. The van der Waals surface area contributed by atoms with E-state index in [2.05, 4.69) is 4.99 Å². The maximum atomic E-state index is 11.8. The first-order valence-electron chi connectivity index (χ1n) is 9.85. The molecule has 0 bridgehead atoms. The minimum absolute atomic E-state index is 0.0868. The third kappa shape index (κ3) is 15.0. The summed E-state index contributed by atoms with van der Waals surface area (Å²) in [5.74, 6) is -7.02. The minimum Gasteiger partial charge on any atom is -0.481 e. The van der Waals surface area contributed by atoms with Gasteiger partial charge in [0.15, 0.2) is 37.8 Å². The molecule has 0 radical (unpaired) electrons. The van der Waals surface area contributed by atoms with Gasteiger partial charge in [0.1, 0.15) is 0 Å². The van der Waals surface area contributed by atoms with E-state index in [4.69, 9.17) is 42.1 Å². The van der Waals surface area contributed by atoms with Crippen molar-refractivity contribution < 1.29 is 71.4 Å². The number of aliphatic hydroxyl groups excluding tert-OH is 2. The Labute approximate surface area is 221 Å². The second kappa shape index (κ2) is 15.3. The van der Waals surface area contributed by atoms with Gasteiger partial charge in [0, 0.05) is 18.1 Å². The number of benzene rings is 1. The van der Waals surface area contributed by atoms with Crippen molar-refractivity contribution in [2.24, 2.45) is 16.5 Å². The van der Waals surface area contributed by atoms with Gasteiger partial charge in [-0.05, 0) is 24.6 Å². The fourth-order valence-corrected chi connectivity index (χ4v) is 4.63. The Balaban J connectivity index is 0. The second-order valence-electron chi connectivity index (χ2n) is 7.40. The zero-order chi connectivity index (χ0) is 31.5. The molecule has 0 aliphatic heterocycles. The second-order valence-corrected chi connectivity index (χ2v) is 11.4. The number of nitrogens with two attached hydrogens (primary N) is 2. The molecule has 0 heterocycles. The molecule has 2 unspecified atom stereocenters. The number of aliphatic hydroxyl groups is 2. The summed E-state index contributed by atoms with van der Waals surface area (Å²) in [5.41, 5.74) is 10.4. The number of carboxylic acid groups (broad SMARTS) is 4. The maximum absolute atomic E-state index is 11.8. The molecule has 0 saturated carbocycles. The van der Waals surface area contributed by atoms with Crippen molar-refractivity contribution in [1.29, 1.82) is 0 Å². The van der Waals surface area contributed by atoms with Crippen LogP contribution >= 0.6 is 0 Å². The van der Waals surface area contributed by atoms with E-state index in [0.29, 0.717) is 0 Å². The Morgan fingerprint density at radius 3 is 1.33 bits per heavy atom. The average Bonchev–Trinajstić information content (AvgIpc) is 2.71. The van der Waals surface area contributed by atoms with Crippen LogP contribution < -0.4 is 11.5 Å². The molecule has 0 fully saturated rings. The number of aryl methyl sites for hydroxylation is 1. The van der Waals surface area contributed by atoms with Gasteiger partial charge in [-0.1, -0.05) is 0 Å². The Kier molecular flexibility index (Phi) is 14.5. The lowest BCUT2D eigenvalue weighted by atomic mass is 10.1. The van der Waals surface area contributed by atoms with Crippen LogP contribution in [0.25, 0.3) is 0 Å². The summed E-state index contributed by atoms with van der Waals surface area (Å²) in [6.07, 6.45) is -3.36. The van der Waals surface area contributed by atoms with Crippen molar-refractivity contribution in [3.05, 3.63) is 23.3 Å². The molecule has 0 saturated heterocycles. The molecule has 39 heavy (non-hydrogen) atoms. The Morgan fingerprint density at radius 2 is 1.10 bits per heavy atom. The lowest BCUT2D eigenvalue weighted by Gasteiger charge is -2.10. The number of rotatable bonds is 9. The normalized spacial score (nSPS) is 12.2. The zero-order valence-corrected chi connectivity index (χ0v) is 22.1. The lowest BCUT2D eigenvalue weighted by Crippen LogP contribution is -2.24. The third-order valence-electron chi connectivity index (χ3n) is 3.86. The van der Waals surface area contributed by atoms with Gasteiger partial charge in [0.2, 0.25) is 0 Å². The Hall–Kier alpha value is -4.14. The molecule has 0 aliphatic rings. The van der Waals surface area contributed by atoms with Crippen LogP contribution in [0.15, 0.2) is 26.9 Å². The van der Waals surface area contributed by atoms with Crippen LogP contribution in [-0.4, -0.2) is 108 Å². The first-order chi connectivity index (χ1) is 17.4. The molecule has 0 aliphatic carbocycles. The number of aliphatic carboxylic acids is 4. The van der Waals surface area contributed by atoms with Gasteiger partial charge in [0.05, 0.1) is 22.6 Å². The number of carbonyl (C=O) groups is 5. The molecule has 1 rings (SSSR count). The fraction of sp³-hybridized carbons (Fsp3) is 0.368. The molecule has 2 atom stereocenters. The number of sulfone groups is 2.